The highest BCUT2D eigenvalue weighted by molar-refractivity contribution is 6.14. The second-order valence-electron chi connectivity index (χ2n) is 18.7. The Kier molecular flexibility index (Phi) is 19.3. The zero-order valence-corrected chi connectivity index (χ0v) is 45.2. The lowest BCUT2D eigenvalue weighted by Crippen LogP contribution is -2.43. The van der Waals surface area contributed by atoms with Crippen LogP contribution >= 0.6 is 0 Å². The van der Waals surface area contributed by atoms with Crippen LogP contribution in [0.4, 0.5) is 11.4 Å². The molecule has 12 heteroatoms. The van der Waals surface area contributed by atoms with Gasteiger partial charge in [0.2, 0.25) is 11.8 Å². The Morgan fingerprint density at radius 1 is 0.427 bits per heavy atom. The standard InChI is InChI=1S/C70H58N2O10/c1-9-39-75-59-33-29-51(47-63(59)79-43-13-5)69(52-30-34-60(76-40-10-2)64(48-52)80-44-14-6)55-25-19-21-27-57(55)71(67(69)73)37-23-17-18-24-38-72-58-28-22-20-26-56(58)70(68(72)74,53-31-35-61(77-41-11-3)65(49-53)81-45-15-7)54-32-36-62(78-42-12-4)66(50-54)82-46-16-8/h1-8,19-22,25-35,47-50,62H,17-18,23-24,36-46H2. The highest BCUT2D eigenvalue weighted by atomic mass is 16.5. The molecule has 408 valence electrons. The Hall–Kier alpha value is -10.4. The van der Waals surface area contributed by atoms with Crippen LogP contribution in [0.5, 0.6) is 34.5 Å². The zero-order valence-electron chi connectivity index (χ0n) is 45.2. The van der Waals surface area contributed by atoms with Gasteiger partial charge in [0.25, 0.3) is 0 Å². The summed E-state index contributed by atoms with van der Waals surface area (Å²) in [4.78, 5) is 35.3. The summed E-state index contributed by atoms with van der Waals surface area (Å²) in [5.74, 6) is 22.1. The smallest absolute Gasteiger partial charge is 0.246 e. The van der Waals surface area contributed by atoms with E-state index in [0.29, 0.717) is 113 Å². The van der Waals surface area contributed by atoms with E-state index in [4.69, 9.17) is 89.3 Å². The van der Waals surface area contributed by atoms with Crippen molar-refractivity contribution in [3.05, 3.63) is 154 Å². The lowest BCUT2D eigenvalue weighted by molar-refractivity contribution is -0.121. The number of para-hydroxylation sites is 2. The van der Waals surface area contributed by atoms with Crippen molar-refractivity contribution in [1.29, 1.82) is 0 Å². The first-order valence-electron chi connectivity index (χ1n) is 26.4. The first kappa shape index (κ1) is 57.7. The van der Waals surface area contributed by atoms with Crippen LogP contribution in [0, 0.1) is 98.8 Å². The van der Waals surface area contributed by atoms with Gasteiger partial charge in [-0.2, -0.15) is 0 Å². The number of fused-ring (bicyclic) bond motifs is 2. The maximum absolute atomic E-state index is 15.8. The number of allylic oxidation sites excluding steroid dienone is 1. The Labute approximate surface area is 481 Å². The predicted molar refractivity (Wildman–Crippen MR) is 316 cm³/mol. The van der Waals surface area contributed by atoms with E-state index >= 15 is 9.59 Å². The van der Waals surface area contributed by atoms with E-state index in [2.05, 4.69) is 47.4 Å². The Morgan fingerprint density at radius 3 is 1.22 bits per heavy atom. The SMILES string of the molecule is C#CCOC1=CC(C2(c3ccc(OCC#C)c(OCC#C)c3)C(=O)N(CCCCCCN3C(=O)C(c4ccc(OCC#C)c(OCC#C)c4)(c4ccc(OCC#C)c(OCC#C)c4)c4ccccc43)c3ccccc32)=CCC1OCC#C. The number of terminal acetylenes is 8. The molecule has 2 aliphatic heterocycles. The van der Waals surface area contributed by atoms with Crippen LogP contribution in [0.2, 0.25) is 0 Å². The van der Waals surface area contributed by atoms with Gasteiger partial charge >= 0.3 is 0 Å². The molecule has 2 heterocycles. The van der Waals surface area contributed by atoms with Crippen LogP contribution in [0.25, 0.3) is 0 Å². The third kappa shape index (κ3) is 11.5. The maximum Gasteiger partial charge on any atom is 0.246 e. The molecule has 82 heavy (non-hydrogen) atoms. The van der Waals surface area contributed by atoms with Crippen molar-refractivity contribution < 1.29 is 47.5 Å². The maximum atomic E-state index is 15.8. The minimum Gasteiger partial charge on any atom is -0.483 e. The number of hydrogen-bond donors (Lipinski definition) is 0. The average molecular weight is 1090 g/mol. The van der Waals surface area contributed by atoms with Crippen molar-refractivity contribution in [2.45, 2.75) is 49.0 Å². The number of unbranched alkanes of at least 4 members (excludes halogenated alkanes) is 3. The van der Waals surface area contributed by atoms with Gasteiger partial charge in [-0.25, -0.2) is 0 Å². The van der Waals surface area contributed by atoms with Crippen molar-refractivity contribution in [1.82, 2.24) is 0 Å². The van der Waals surface area contributed by atoms with Crippen LogP contribution in [-0.2, 0) is 29.9 Å². The van der Waals surface area contributed by atoms with Gasteiger partial charge in [-0.15, -0.1) is 51.4 Å². The molecule has 0 radical (unpaired) electrons. The highest BCUT2D eigenvalue weighted by Crippen LogP contribution is 2.55. The van der Waals surface area contributed by atoms with Crippen LogP contribution in [0.3, 0.4) is 0 Å². The molecule has 3 aliphatic rings. The minimum absolute atomic E-state index is 0.0221. The molecule has 2 atom stereocenters. The molecule has 1 aliphatic carbocycles. The molecule has 0 fully saturated rings. The zero-order chi connectivity index (χ0) is 57.9. The Bertz CT molecular complexity index is 3540. The number of anilines is 2. The topological polar surface area (TPSA) is 114 Å². The number of carbonyl (C=O) groups excluding carboxylic acids is 2. The molecular weight excluding hydrogens is 1030 g/mol. The van der Waals surface area contributed by atoms with E-state index in [1.165, 1.54) is 0 Å². The fourth-order valence-electron chi connectivity index (χ4n) is 10.8. The third-order valence-corrected chi connectivity index (χ3v) is 14.1. The molecule has 0 bridgehead atoms. The van der Waals surface area contributed by atoms with E-state index in [1.807, 2.05) is 88.7 Å². The number of benzene rings is 5. The second-order valence-corrected chi connectivity index (χ2v) is 18.7. The molecule has 2 unspecified atom stereocenters. The Morgan fingerprint density at radius 2 is 0.793 bits per heavy atom. The van der Waals surface area contributed by atoms with Crippen LogP contribution < -0.4 is 38.2 Å². The van der Waals surface area contributed by atoms with E-state index < -0.39 is 16.9 Å². The summed E-state index contributed by atoms with van der Waals surface area (Å²) in [6.07, 6.45) is 51.2. The summed E-state index contributed by atoms with van der Waals surface area (Å²) >= 11 is 0. The van der Waals surface area contributed by atoms with Gasteiger partial charge in [0.05, 0.1) is 0 Å². The largest absolute Gasteiger partial charge is 0.483 e. The van der Waals surface area contributed by atoms with Crippen molar-refractivity contribution in [2.75, 3.05) is 75.7 Å². The average Bonchev–Trinajstić information content (AvgIpc) is 4.04. The number of carbonyl (C=O) groups is 2. The molecule has 0 aromatic heterocycles. The highest BCUT2D eigenvalue weighted by Gasteiger charge is 2.56. The number of amides is 2. The minimum atomic E-state index is -1.46. The van der Waals surface area contributed by atoms with Crippen molar-refractivity contribution in [2.24, 2.45) is 0 Å². The summed E-state index contributed by atoms with van der Waals surface area (Å²) in [5.41, 5.74) is 2.40. The van der Waals surface area contributed by atoms with Crippen molar-refractivity contribution in [3.63, 3.8) is 0 Å². The molecule has 0 saturated heterocycles. The summed E-state index contributed by atoms with van der Waals surface area (Å²) in [6, 6.07) is 31.3. The predicted octanol–water partition coefficient (Wildman–Crippen LogP) is 9.22. The van der Waals surface area contributed by atoms with Crippen molar-refractivity contribution in [3.8, 4) is 133 Å². The van der Waals surface area contributed by atoms with E-state index in [-0.39, 0.29) is 64.7 Å². The molecule has 0 saturated carbocycles. The van der Waals surface area contributed by atoms with E-state index in [9.17, 15) is 0 Å². The molecule has 8 rings (SSSR count). The Balaban J connectivity index is 1.10. The monoisotopic (exact) mass is 1090 g/mol. The second kappa shape index (κ2) is 27.4. The van der Waals surface area contributed by atoms with Gasteiger partial charge in [0.1, 0.15) is 75.5 Å². The van der Waals surface area contributed by atoms with Crippen LogP contribution in [-0.4, -0.2) is 83.9 Å². The molecule has 5 aromatic rings. The number of nitrogens with zero attached hydrogens (tertiary/aromatic N) is 2. The van der Waals surface area contributed by atoms with Gasteiger partial charge in [-0.05, 0) is 96.1 Å². The summed E-state index contributed by atoms with van der Waals surface area (Å²) in [5, 5.41) is 0. The van der Waals surface area contributed by atoms with Gasteiger partial charge in [0.15, 0.2) is 34.5 Å². The number of hydrogen-bond acceptors (Lipinski definition) is 10. The van der Waals surface area contributed by atoms with Crippen LogP contribution in [0.15, 0.2) is 127 Å². The van der Waals surface area contributed by atoms with Gasteiger partial charge < -0.3 is 47.7 Å². The summed E-state index contributed by atoms with van der Waals surface area (Å²) in [7, 11) is 0. The summed E-state index contributed by atoms with van der Waals surface area (Å²) in [6.45, 7) is 0.448. The fraction of sp³-hybridized carbons (Fsp3) is 0.257. The lowest BCUT2D eigenvalue weighted by Gasteiger charge is -2.34. The normalized spacial score (nSPS) is 16.1. The molecule has 5 aromatic carbocycles. The molecule has 12 nitrogen and oxygen atoms in total. The molecule has 2 amide bonds. The molecule has 0 spiro atoms. The van der Waals surface area contributed by atoms with Gasteiger partial charge in [0, 0.05) is 35.6 Å². The van der Waals surface area contributed by atoms with Gasteiger partial charge in [-0.1, -0.05) is 121 Å². The lowest BCUT2D eigenvalue weighted by atomic mass is 9.68. The van der Waals surface area contributed by atoms with Crippen LogP contribution in [0.1, 0.15) is 59.9 Å². The first-order valence-corrected chi connectivity index (χ1v) is 26.4. The van der Waals surface area contributed by atoms with E-state index in [1.54, 1.807) is 36.4 Å². The number of ether oxygens (including phenoxy) is 8. The quantitative estimate of drug-likeness (QED) is 0.0373. The first-order chi connectivity index (χ1) is 40.2. The van der Waals surface area contributed by atoms with Gasteiger partial charge in [-0.3, -0.25) is 9.59 Å². The molecule has 0 N–H and O–H groups in total. The van der Waals surface area contributed by atoms with Crippen molar-refractivity contribution >= 4 is 23.2 Å². The van der Waals surface area contributed by atoms with E-state index in [0.717, 1.165) is 16.9 Å². The third-order valence-electron chi connectivity index (χ3n) is 14.1. The number of rotatable bonds is 27. The fourth-order valence-corrected chi connectivity index (χ4v) is 10.8. The summed E-state index contributed by atoms with van der Waals surface area (Å²) < 4.78 is 47.9. The molecular formula is C70H58N2O10.